The first-order chi connectivity index (χ1) is 9.09. The minimum Gasteiger partial charge on any atom is -0.215 e. The molecule has 0 aromatic rings. The minimum atomic E-state index is -3.17. The maximum atomic E-state index is 11.5. The molecule has 0 radical (unpaired) electrons. The summed E-state index contributed by atoms with van der Waals surface area (Å²) in [4.78, 5) is 0. The van der Waals surface area contributed by atoms with E-state index >= 15 is 0 Å². The summed E-state index contributed by atoms with van der Waals surface area (Å²) in [6.45, 7) is 7.45. The molecule has 0 aliphatic rings. The molecule has 0 aliphatic heterocycles. The fourth-order valence-electron chi connectivity index (χ4n) is 1.37. The fourth-order valence-corrected chi connectivity index (χ4v) is 2.89. The van der Waals surface area contributed by atoms with Gasteiger partial charge >= 0.3 is 0 Å². The Morgan fingerprint density at radius 3 is 1.20 bits per heavy atom. The average Bonchev–Trinajstić information content (AvgIpc) is 2.31. The van der Waals surface area contributed by atoms with Crippen molar-refractivity contribution in [2.24, 2.45) is 0 Å². The van der Waals surface area contributed by atoms with Crippen molar-refractivity contribution >= 4 is 20.0 Å². The average molecular weight is 329 g/mol. The Hall–Kier alpha value is -0.180. The van der Waals surface area contributed by atoms with Crippen molar-refractivity contribution in [3.8, 4) is 0 Å². The van der Waals surface area contributed by atoms with E-state index in [0.29, 0.717) is 13.1 Å². The molecule has 8 heteroatoms. The molecule has 0 aliphatic carbocycles. The molecule has 0 heterocycles. The third-order valence-electron chi connectivity index (χ3n) is 2.95. The van der Waals surface area contributed by atoms with Crippen molar-refractivity contribution in [3.63, 3.8) is 0 Å². The van der Waals surface area contributed by atoms with E-state index in [4.69, 9.17) is 0 Å². The smallest absolute Gasteiger partial charge is 0.213 e. The highest BCUT2D eigenvalue weighted by Crippen LogP contribution is 2.02. The largest absolute Gasteiger partial charge is 0.215 e. The van der Waals surface area contributed by atoms with Gasteiger partial charge in [-0.2, -0.15) is 0 Å². The highest BCUT2D eigenvalue weighted by molar-refractivity contribution is 7.90. The van der Waals surface area contributed by atoms with E-state index in [9.17, 15) is 16.8 Å². The van der Waals surface area contributed by atoms with Crippen LogP contribution in [-0.4, -0.2) is 40.4 Å². The number of unbranched alkanes of at least 4 members (excludes halogenated alkanes) is 3. The zero-order valence-electron chi connectivity index (χ0n) is 12.8. The third-order valence-corrected chi connectivity index (χ3v) is 6.65. The van der Waals surface area contributed by atoms with E-state index in [-0.39, 0.29) is 0 Å². The lowest BCUT2D eigenvalue weighted by Crippen LogP contribution is -2.32. The lowest BCUT2D eigenvalue weighted by Gasteiger charge is -2.10. The van der Waals surface area contributed by atoms with Gasteiger partial charge in [-0.1, -0.05) is 12.8 Å². The van der Waals surface area contributed by atoms with Crippen LogP contribution < -0.4 is 9.44 Å². The van der Waals surface area contributed by atoms with Crippen LogP contribution in [0.5, 0.6) is 0 Å². The zero-order valence-corrected chi connectivity index (χ0v) is 14.5. The molecule has 0 amide bonds. The molecule has 0 fully saturated rings. The summed E-state index contributed by atoms with van der Waals surface area (Å²) in [6, 6.07) is 0. The second-order valence-corrected chi connectivity index (χ2v) is 10.0. The van der Waals surface area contributed by atoms with Gasteiger partial charge in [-0.25, -0.2) is 26.3 Å². The molecule has 20 heavy (non-hydrogen) atoms. The van der Waals surface area contributed by atoms with Gasteiger partial charge < -0.3 is 0 Å². The normalized spacial score (nSPS) is 13.3. The van der Waals surface area contributed by atoms with Crippen LogP contribution in [0.25, 0.3) is 0 Å². The van der Waals surface area contributed by atoms with Gasteiger partial charge in [-0.3, -0.25) is 0 Å². The molecule has 6 nitrogen and oxygen atoms in total. The summed E-state index contributed by atoms with van der Waals surface area (Å²) in [7, 11) is -6.33. The highest BCUT2D eigenvalue weighted by atomic mass is 32.2. The Labute approximate surface area is 123 Å². The Morgan fingerprint density at radius 1 is 0.650 bits per heavy atom. The first-order valence-electron chi connectivity index (χ1n) is 7.06. The van der Waals surface area contributed by atoms with Gasteiger partial charge in [0.05, 0.1) is 10.5 Å². The van der Waals surface area contributed by atoms with Gasteiger partial charge in [0, 0.05) is 13.1 Å². The maximum absolute atomic E-state index is 11.5. The maximum Gasteiger partial charge on any atom is 0.213 e. The number of hydrogen-bond acceptors (Lipinski definition) is 4. The predicted molar refractivity (Wildman–Crippen MR) is 82.6 cm³/mol. The molecule has 0 aromatic heterocycles. The molecular formula is C12H28N2O4S2. The van der Waals surface area contributed by atoms with Crippen molar-refractivity contribution in [2.75, 3.05) is 13.1 Å². The molecule has 0 unspecified atom stereocenters. The highest BCUT2D eigenvalue weighted by Gasteiger charge is 2.15. The molecule has 0 rings (SSSR count). The van der Waals surface area contributed by atoms with Crippen LogP contribution in [-0.2, 0) is 20.0 Å². The van der Waals surface area contributed by atoms with Crippen LogP contribution in [0.1, 0.15) is 53.4 Å². The van der Waals surface area contributed by atoms with Crippen LogP contribution in [0.2, 0.25) is 0 Å². The summed E-state index contributed by atoms with van der Waals surface area (Å²) in [6.07, 6.45) is 3.29. The van der Waals surface area contributed by atoms with Gasteiger partial charge in [-0.15, -0.1) is 0 Å². The van der Waals surface area contributed by atoms with Gasteiger partial charge in [0.2, 0.25) is 20.0 Å². The van der Waals surface area contributed by atoms with E-state index < -0.39 is 30.5 Å². The Bertz CT molecular complexity index is 412. The molecule has 0 spiro atoms. The number of hydrogen-bond donors (Lipinski definition) is 2. The van der Waals surface area contributed by atoms with Crippen molar-refractivity contribution in [1.82, 2.24) is 9.44 Å². The van der Waals surface area contributed by atoms with E-state index in [1.165, 1.54) is 0 Å². The van der Waals surface area contributed by atoms with E-state index in [0.717, 1.165) is 25.7 Å². The molecular weight excluding hydrogens is 300 g/mol. The van der Waals surface area contributed by atoms with Crippen molar-refractivity contribution < 1.29 is 16.8 Å². The van der Waals surface area contributed by atoms with Gasteiger partial charge in [0.1, 0.15) is 0 Å². The van der Waals surface area contributed by atoms with Gasteiger partial charge in [0.25, 0.3) is 0 Å². The molecule has 122 valence electrons. The monoisotopic (exact) mass is 328 g/mol. The lowest BCUT2D eigenvalue weighted by atomic mass is 10.2. The van der Waals surface area contributed by atoms with Crippen LogP contribution in [0.3, 0.4) is 0 Å². The molecule has 0 saturated carbocycles. The lowest BCUT2D eigenvalue weighted by molar-refractivity contribution is 0.555. The Morgan fingerprint density at radius 2 is 0.950 bits per heavy atom. The van der Waals surface area contributed by atoms with Crippen LogP contribution in [0.15, 0.2) is 0 Å². The number of rotatable bonds is 11. The molecule has 0 saturated heterocycles. The number of nitrogens with one attached hydrogen (secondary N) is 2. The van der Waals surface area contributed by atoms with E-state index in [1.54, 1.807) is 27.7 Å². The molecule has 0 atom stereocenters. The summed E-state index contributed by atoms with van der Waals surface area (Å²) in [5.41, 5.74) is 0. The second kappa shape index (κ2) is 8.96. The summed E-state index contributed by atoms with van der Waals surface area (Å²) < 4.78 is 50.9. The third kappa shape index (κ3) is 8.18. The molecule has 0 bridgehead atoms. The predicted octanol–water partition coefficient (Wildman–Crippen LogP) is 1.20. The van der Waals surface area contributed by atoms with E-state index in [2.05, 4.69) is 9.44 Å². The fraction of sp³-hybridized carbons (Fsp3) is 1.00. The van der Waals surface area contributed by atoms with Crippen LogP contribution in [0, 0.1) is 0 Å². The van der Waals surface area contributed by atoms with Crippen molar-refractivity contribution in [2.45, 2.75) is 63.9 Å². The molecule has 2 N–H and O–H groups in total. The second-order valence-electron chi connectivity index (χ2n) is 5.39. The van der Waals surface area contributed by atoms with E-state index in [1.807, 2.05) is 0 Å². The molecule has 0 aromatic carbocycles. The standard InChI is InChI=1S/C12H28N2O4S2/c1-11(2)19(15,16)13-9-7-5-6-8-10-14-20(17,18)12(3)4/h11-14H,5-10H2,1-4H3. The quantitative estimate of drug-likeness (QED) is 0.557. The first-order valence-corrected chi connectivity index (χ1v) is 10.2. The van der Waals surface area contributed by atoms with Crippen molar-refractivity contribution in [1.29, 1.82) is 0 Å². The van der Waals surface area contributed by atoms with Gasteiger partial charge in [0.15, 0.2) is 0 Å². The summed E-state index contributed by atoms with van der Waals surface area (Å²) in [5, 5.41) is -0.819. The number of sulfonamides is 2. The first kappa shape index (κ1) is 19.8. The summed E-state index contributed by atoms with van der Waals surface area (Å²) >= 11 is 0. The Balaban J connectivity index is 3.61. The zero-order chi connectivity index (χ0) is 15.8. The Kier molecular flexibility index (Phi) is 8.88. The topological polar surface area (TPSA) is 92.3 Å². The van der Waals surface area contributed by atoms with Crippen LogP contribution >= 0.6 is 0 Å². The summed E-state index contributed by atoms with van der Waals surface area (Å²) in [5.74, 6) is 0. The SMILES string of the molecule is CC(C)S(=O)(=O)NCCCCCCNS(=O)(=O)C(C)C. The van der Waals surface area contributed by atoms with Gasteiger partial charge in [-0.05, 0) is 40.5 Å². The minimum absolute atomic E-state index is 0.409. The van der Waals surface area contributed by atoms with Crippen molar-refractivity contribution in [3.05, 3.63) is 0 Å². The van der Waals surface area contributed by atoms with Crippen LogP contribution in [0.4, 0.5) is 0 Å².